The van der Waals surface area contributed by atoms with Crippen LogP contribution in [-0.2, 0) is 27.8 Å². The summed E-state index contributed by atoms with van der Waals surface area (Å²) in [6.45, 7) is 0.709. The van der Waals surface area contributed by atoms with Gasteiger partial charge in [-0.25, -0.2) is 13.6 Å². The molecule has 0 aliphatic rings. The van der Waals surface area contributed by atoms with Gasteiger partial charge < -0.3 is 9.88 Å². The summed E-state index contributed by atoms with van der Waals surface area (Å²) in [6.07, 6.45) is 2.50. The number of hydrogen-bond acceptors (Lipinski definition) is 3. The number of amides is 1. The van der Waals surface area contributed by atoms with E-state index in [2.05, 4.69) is 21.2 Å². The molecule has 6 nitrogen and oxygen atoms in total. The summed E-state index contributed by atoms with van der Waals surface area (Å²) in [5.41, 5.74) is 1.92. The van der Waals surface area contributed by atoms with Gasteiger partial charge in [-0.15, -0.1) is 0 Å². The Morgan fingerprint density at radius 1 is 1.12 bits per heavy atom. The number of carbonyl (C=O) groups excluding carboxylic acids is 1. The number of fused-ring (bicyclic) bond motifs is 1. The average molecular weight is 436 g/mol. The van der Waals surface area contributed by atoms with Gasteiger partial charge in [-0.05, 0) is 42.3 Å². The van der Waals surface area contributed by atoms with Crippen molar-refractivity contribution in [3.63, 3.8) is 0 Å². The maximum Gasteiger partial charge on any atom is 0.239 e. The zero-order valence-corrected chi connectivity index (χ0v) is 16.3. The molecule has 0 aliphatic carbocycles. The Bertz CT molecular complexity index is 1040. The van der Waals surface area contributed by atoms with Crippen LogP contribution in [0.4, 0.5) is 0 Å². The normalized spacial score (nSPS) is 11.6. The highest BCUT2D eigenvalue weighted by atomic mass is 79.9. The van der Waals surface area contributed by atoms with Crippen molar-refractivity contribution in [1.82, 2.24) is 9.88 Å². The minimum atomic E-state index is -3.68. The third kappa shape index (κ3) is 4.32. The zero-order chi connectivity index (χ0) is 18.7. The molecule has 3 aromatic rings. The van der Waals surface area contributed by atoms with Gasteiger partial charge in [0.05, 0.1) is 4.90 Å². The van der Waals surface area contributed by atoms with E-state index in [-0.39, 0.29) is 17.3 Å². The van der Waals surface area contributed by atoms with Gasteiger partial charge in [0.2, 0.25) is 15.9 Å². The van der Waals surface area contributed by atoms with E-state index in [0.717, 1.165) is 20.9 Å². The first-order valence-electron chi connectivity index (χ1n) is 7.96. The summed E-state index contributed by atoms with van der Waals surface area (Å²) < 4.78 is 25.4. The van der Waals surface area contributed by atoms with E-state index in [4.69, 9.17) is 5.14 Å². The van der Waals surface area contributed by atoms with Crippen LogP contribution in [0.1, 0.15) is 5.56 Å². The Morgan fingerprint density at radius 3 is 2.54 bits per heavy atom. The Balaban J connectivity index is 1.55. The van der Waals surface area contributed by atoms with E-state index in [9.17, 15) is 13.2 Å². The number of sulfonamides is 1. The smallest absolute Gasteiger partial charge is 0.239 e. The molecule has 136 valence electrons. The lowest BCUT2D eigenvalue weighted by Crippen LogP contribution is -2.29. The van der Waals surface area contributed by atoms with Gasteiger partial charge in [-0.2, -0.15) is 0 Å². The largest absolute Gasteiger partial charge is 0.354 e. The molecule has 0 atom stereocenters. The number of primary sulfonamides is 1. The number of aromatic nitrogens is 1. The summed E-state index contributed by atoms with van der Waals surface area (Å²) in [6, 6.07) is 14.2. The van der Waals surface area contributed by atoms with Crippen LogP contribution in [0.25, 0.3) is 10.9 Å². The van der Waals surface area contributed by atoms with Crippen LogP contribution < -0.4 is 10.5 Å². The van der Waals surface area contributed by atoms with Crippen LogP contribution in [0.2, 0.25) is 0 Å². The first-order chi connectivity index (χ1) is 12.3. The fourth-order valence-corrected chi connectivity index (χ4v) is 3.73. The van der Waals surface area contributed by atoms with E-state index < -0.39 is 10.0 Å². The number of halogens is 1. The van der Waals surface area contributed by atoms with Gasteiger partial charge in [-0.3, -0.25) is 4.79 Å². The van der Waals surface area contributed by atoms with Gasteiger partial charge in [-0.1, -0.05) is 34.1 Å². The average Bonchev–Trinajstić information content (AvgIpc) is 2.99. The Hall–Kier alpha value is -2.16. The first kappa shape index (κ1) is 18.6. The molecular formula is C18H18BrN3O3S. The summed E-state index contributed by atoms with van der Waals surface area (Å²) in [5, 5.41) is 9.01. The van der Waals surface area contributed by atoms with Gasteiger partial charge in [0.25, 0.3) is 0 Å². The van der Waals surface area contributed by atoms with Crippen molar-refractivity contribution < 1.29 is 13.2 Å². The van der Waals surface area contributed by atoms with Crippen LogP contribution in [0, 0.1) is 0 Å². The summed E-state index contributed by atoms with van der Waals surface area (Å²) in [7, 11) is -3.68. The molecule has 0 saturated carbocycles. The highest BCUT2D eigenvalue weighted by Crippen LogP contribution is 2.24. The quantitative estimate of drug-likeness (QED) is 0.622. The SMILES string of the molecule is NS(=O)(=O)c1ccc(CCNC(=O)Cn2ccc3c(Br)cccc32)cc1. The Morgan fingerprint density at radius 2 is 1.85 bits per heavy atom. The van der Waals surface area contributed by atoms with E-state index >= 15 is 0 Å². The number of hydrogen-bond donors (Lipinski definition) is 2. The lowest BCUT2D eigenvalue weighted by Gasteiger charge is -2.08. The molecule has 3 N–H and O–H groups in total. The topological polar surface area (TPSA) is 94.2 Å². The van der Waals surface area contributed by atoms with Crippen LogP contribution in [-0.4, -0.2) is 25.4 Å². The first-order valence-corrected chi connectivity index (χ1v) is 10.3. The van der Waals surface area contributed by atoms with Crippen LogP contribution in [0.5, 0.6) is 0 Å². The van der Waals surface area contributed by atoms with Crippen molar-refractivity contribution in [2.24, 2.45) is 5.14 Å². The van der Waals surface area contributed by atoms with Gasteiger partial charge in [0.1, 0.15) is 6.54 Å². The second kappa shape index (κ2) is 7.61. The molecule has 0 unspecified atom stereocenters. The molecule has 1 heterocycles. The van der Waals surface area contributed by atoms with Crippen molar-refractivity contribution in [1.29, 1.82) is 0 Å². The van der Waals surface area contributed by atoms with E-state index in [1.165, 1.54) is 12.1 Å². The summed E-state index contributed by atoms with van der Waals surface area (Å²) >= 11 is 3.50. The zero-order valence-electron chi connectivity index (χ0n) is 13.9. The van der Waals surface area contributed by atoms with Crippen LogP contribution in [0.15, 0.2) is 64.1 Å². The number of benzene rings is 2. The lowest BCUT2D eigenvalue weighted by atomic mass is 10.1. The molecule has 0 spiro atoms. The van der Waals surface area contributed by atoms with Crippen molar-refractivity contribution in [3.05, 3.63) is 64.8 Å². The Kier molecular flexibility index (Phi) is 5.45. The fraction of sp³-hybridized carbons (Fsp3) is 0.167. The summed E-state index contributed by atoms with van der Waals surface area (Å²) in [4.78, 5) is 12.3. The van der Waals surface area contributed by atoms with E-state index in [1.54, 1.807) is 12.1 Å². The molecule has 0 aliphatic heterocycles. The maximum absolute atomic E-state index is 12.2. The van der Waals surface area contributed by atoms with Gasteiger partial charge in [0.15, 0.2) is 0 Å². The highest BCUT2D eigenvalue weighted by Gasteiger charge is 2.09. The van der Waals surface area contributed by atoms with Crippen LogP contribution >= 0.6 is 15.9 Å². The molecule has 0 fully saturated rings. The number of nitrogens with two attached hydrogens (primary N) is 1. The monoisotopic (exact) mass is 435 g/mol. The maximum atomic E-state index is 12.2. The number of nitrogens with one attached hydrogen (secondary N) is 1. The Labute approximate surface area is 160 Å². The second-order valence-corrected chi connectivity index (χ2v) is 8.32. The molecular weight excluding hydrogens is 418 g/mol. The van der Waals surface area contributed by atoms with Gasteiger partial charge >= 0.3 is 0 Å². The van der Waals surface area contributed by atoms with E-state index in [1.807, 2.05) is 35.0 Å². The number of rotatable bonds is 6. The molecule has 26 heavy (non-hydrogen) atoms. The summed E-state index contributed by atoms with van der Waals surface area (Å²) in [5.74, 6) is -0.0800. The molecule has 1 amide bonds. The van der Waals surface area contributed by atoms with Crippen molar-refractivity contribution in [3.8, 4) is 0 Å². The minimum absolute atomic E-state index is 0.0796. The predicted octanol–water partition coefficient (Wildman–Crippen LogP) is 2.41. The standard InChI is InChI=1S/C18H18BrN3O3S/c19-16-2-1-3-17-15(16)9-11-22(17)12-18(23)21-10-8-13-4-6-14(7-5-13)26(20,24)25/h1-7,9,11H,8,10,12H2,(H,21,23)(H2,20,24,25). The molecule has 0 saturated heterocycles. The number of carbonyl (C=O) groups is 1. The molecule has 0 radical (unpaired) electrons. The molecule has 8 heteroatoms. The lowest BCUT2D eigenvalue weighted by molar-refractivity contribution is -0.121. The fourth-order valence-electron chi connectivity index (χ4n) is 2.73. The van der Waals surface area contributed by atoms with E-state index in [0.29, 0.717) is 13.0 Å². The third-order valence-electron chi connectivity index (χ3n) is 4.06. The highest BCUT2D eigenvalue weighted by molar-refractivity contribution is 9.10. The van der Waals surface area contributed by atoms with Crippen molar-refractivity contribution >= 4 is 42.8 Å². The predicted molar refractivity (Wildman–Crippen MR) is 104 cm³/mol. The molecule has 1 aromatic heterocycles. The van der Waals surface area contributed by atoms with Gasteiger partial charge in [0, 0.05) is 28.1 Å². The molecule has 0 bridgehead atoms. The molecule has 3 rings (SSSR count). The van der Waals surface area contributed by atoms with Crippen LogP contribution in [0.3, 0.4) is 0 Å². The van der Waals surface area contributed by atoms with Crippen molar-refractivity contribution in [2.75, 3.05) is 6.54 Å². The number of nitrogens with zero attached hydrogens (tertiary/aromatic N) is 1. The third-order valence-corrected chi connectivity index (χ3v) is 5.68. The van der Waals surface area contributed by atoms with Crippen molar-refractivity contribution in [2.45, 2.75) is 17.9 Å². The minimum Gasteiger partial charge on any atom is -0.354 e. The molecule has 2 aromatic carbocycles. The second-order valence-electron chi connectivity index (χ2n) is 5.91.